The fourth-order valence-corrected chi connectivity index (χ4v) is 4.61. The molecule has 148 valence electrons. The van der Waals surface area contributed by atoms with E-state index in [4.69, 9.17) is 4.74 Å². The number of nitrogens with one attached hydrogen (secondary N) is 1. The highest BCUT2D eigenvalue weighted by molar-refractivity contribution is 7.99. The number of fused-ring (bicyclic) bond motifs is 1. The summed E-state index contributed by atoms with van der Waals surface area (Å²) in [4.78, 5) is 18.5. The number of methoxy groups -OCH3 is 1. The SMILES string of the molecule is COCCn1nnnc1C(c1cc2cccc(C)c2[nH]c1=O)N1CCSCC1. The molecule has 2 aromatic heterocycles. The lowest BCUT2D eigenvalue weighted by Crippen LogP contribution is -2.40. The standard InChI is InChI=1S/C19H24N6O2S/c1-13-4-3-5-14-12-15(19(26)20-16(13)14)17(24-7-10-28-11-8-24)18-21-22-23-25(18)6-9-27-2/h3-5,12,17H,6-11H2,1-2H3,(H,20,26). The van der Waals surface area contributed by atoms with E-state index < -0.39 is 0 Å². The summed E-state index contributed by atoms with van der Waals surface area (Å²) in [5, 5.41) is 13.3. The van der Waals surface area contributed by atoms with Crippen molar-refractivity contribution in [2.75, 3.05) is 38.3 Å². The number of thioether (sulfide) groups is 1. The Hall–Kier alpha value is -2.23. The molecule has 4 rings (SSSR count). The lowest BCUT2D eigenvalue weighted by Gasteiger charge is -2.33. The quantitative estimate of drug-likeness (QED) is 0.672. The topological polar surface area (TPSA) is 88.9 Å². The van der Waals surface area contributed by atoms with Crippen LogP contribution in [0.25, 0.3) is 10.9 Å². The Morgan fingerprint density at radius 1 is 1.32 bits per heavy atom. The number of tetrazole rings is 1. The molecule has 1 N–H and O–H groups in total. The van der Waals surface area contributed by atoms with Gasteiger partial charge >= 0.3 is 0 Å². The van der Waals surface area contributed by atoms with E-state index in [0.717, 1.165) is 41.1 Å². The van der Waals surface area contributed by atoms with Crippen LogP contribution < -0.4 is 5.56 Å². The van der Waals surface area contributed by atoms with Gasteiger partial charge in [-0.3, -0.25) is 9.69 Å². The third kappa shape index (κ3) is 3.69. The number of para-hydroxylation sites is 1. The van der Waals surface area contributed by atoms with Crippen LogP contribution in [0, 0.1) is 6.92 Å². The Bertz CT molecular complexity index is 1010. The average molecular weight is 401 g/mol. The zero-order chi connectivity index (χ0) is 19.5. The number of rotatable bonds is 6. The number of hydrogen-bond acceptors (Lipinski definition) is 7. The van der Waals surface area contributed by atoms with Crippen LogP contribution in [0.2, 0.25) is 0 Å². The van der Waals surface area contributed by atoms with Gasteiger partial charge in [0.2, 0.25) is 0 Å². The first kappa shape index (κ1) is 19.1. The minimum Gasteiger partial charge on any atom is -0.383 e. The Morgan fingerprint density at radius 3 is 2.93 bits per heavy atom. The molecule has 1 fully saturated rings. The summed E-state index contributed by atoms with van der Waals surface area (Å²) in [5.74, 6) is 2.74. The van der Waals surface area contributed by atoms with Crippen molar-refractivity contribution in [2.45, 2.75) is 19.5 Å². The average Bonchev–Trinajstić information content (AvgIpc) is 3.17. The van der Waals surface area contributed by atoms with E-state index in [9.17, 15) is 4.79 Å². The lowest BCUT2D eigenvalue weighted by atomic mass is 10.0. The molecule has 8 nitrogen and oxygen atoms in total. The van der Waals surface area contributed by atoms with E-state index in [1.54, 1.807) is 11.8 Å². The molecule has 0 spiro atoms. The monoisotopic (exact) mass is 400 g/mol. The van der Waals surface area contributed by atoms with Gasteiger partial charge in [0.1, 0.15) is 6.04 Å². The summed E-state index contributed by atoms with van der Waals surface area (Å²) in [6, 6.07) is 7.74. The fourth-order valence-electron chi connectivity index (χ4n) is 3.68. The molecular formula is C19H24N6O2S. The van der Waals surface area contributed by atoms with E-state index >= 15 is 0 Å². The molecule has 1 aliphatic rings. The van der Waals surface area contributed by atoms with E-state index in [1.165, 1.54) is 0 Å². The first-order chi connectivity index (χ1) is 13.7. The van der Waals surface area contributed by atoms with E-state index in [1.807, 2.05) is 43.0 Å². The summed E-state index contributed by atoms with van der Waals surface area (Å²) in [7, 11) is 1.65. The predicted molar refractivity (Wildman–Crippen MR) is 110 cm³/mol. The maximum absolute atomic E-state index is 13.1. The van der Waals surface area contributed by atoms with Gasteiger partial charge in [-0.1, -0.05) is 18.2 Å². The lowest BCUT2D eigenvalue weighted by molar-refractivity contribution is 0.176. The summed E-state index contributed by atoms with van der Waals surface area (Å²) < 4.78 is 6.94. The molecule has 3 aromatic rings. The van der Waals surface area contributed by atoms with Crippen molar-refractivity contribution in [3.63, 3.8) is 0 Å². The van der Waals surface area contributed by atoms with E-state index in [-0.39, 0.29) is 11.6 Å². The number of benzene rings is 1. The van der Waals surface area contributed by atoms with Gasteiger partial charge in [-0.25, -0.2) is 4.68 Å². The minimum atomic E-state index is -0.290. The molecule has 0 saturated carbocycles. The summed E-state index contributed by atoms with van der Waals surface area (Å²) >= 11 is 1.93. The number of hydrogen-bond donors (Lipinski definition) is 1. The van der Waals surface area contributed by atoms with Crippen LogP contribution in [-0.2, 0) is 11.3 Å². The molecule has 0 aliphatic carbocycles. The van der Waals surface area contributed by atoms with Crippen molar-refractivity contribution in [2.24, 2.45) is 0 Å². The van der Waals surface area contributed by atoms with Gasteiger partial charge in [0, 0.05) is 37.3 Å². The highest BCUT2D eigenvalue weighted by Crippen LogP contribution is 2.29. The molecule has 28 heavy (non-hydrogen) atoms. The summed E-state index contributed by atoms with van der Waals surface area (Å²) in [5.41, 5.74) is 2.52. The third-order valence-corrected chi connectivity index (χ3v) is 6.08. The molecule has 1 atom stereocenters. The Kier molecular flexibility index (Phi) is 5.74. The van der Waals surface area contributed by atoms with Gasteiger partial charge in [-0.05, 0) is 34.4 Å². The van der Waals surface area contributed by atoms with Crippen molar-refractivity contribution < 1.29 is 4.74 Å². The molecule has 1 unspecified atom stereocenters. The highest BCUT2D eigenvalue weighted by atomic mass is 32.2. The van der Waals surface area contributed by atoms with Crippen LogP contribution in [0.4, 0.5) is 0 Å². The zero-order valence-corrected chi connectivity index (χ0v) is 16.9. The Morgan fingerprint density at radius 2 is 2.14 bits per heavy atom. The zero-order valence-electron chi connectivity index (χ0n) is 16.1. The number of ether oxygens (including phenoxy) is 1. The molecule has 1 aliphatic heterocycles. The van der Waals surface area contributed by atoms with Crippen LogP contribution in [0.3, 0.4) is 0 Å². The second-order valence-corrected chi connectivity index (χ2v) is 8.12. The van der Waals surface area contributed by atoms with Crippen LogP contribution in [0.1, 0.15) is 23.0 Å². The van der Waals surface area contributed by atoms with Crippen molar-refractivity contribution in [1.29, 1.82) is 0 Å². The molecule has 0 amide bonds. The molecule has 9 heteroatoms. The Balaban J connectivity index is 1.84. The maximum atomic E-state index is 13.1. The van der Waals surface area contributed by atoms with Gasteiger partial charge in [0.15, 0.2) is 5.82 Å². The third-order valence-electron chi connectivity index (χ3n) is 5.13. The maximum Gasteiger partial charge on any atom is 0.253 e. The van der Waals surface area contributed by atoms with Crippen LogP contribution in [0.5, 0.6) is 0 Å². The first-order valence-corrected chi connectivity index (χ1v) is 10.5. The van der Waals surface area contributed by atoms with Gasteiger partial charge in [0.05, 0.1) is 18.7 Å². The van der Waals surface area contributed by atoms with Gasteiger partial charge < -0.3 is 9.72 Å². The smallest absolute Gasteiger partial charge is 0.253 e. The predicted octanol–water partition coefficient (Wildman–Crippen LogP) is 1.61. The first-order valence-electron chi connectivity index (χ1n) is 9.38. The van der Waals surface area contributed by atoms with Crippen molar-refractivity contribution in [3.05, 3.63) is 51.6 Å². The Labute approximate surface area is 167 Å². The van der Waals surface area contributed by atoms with Gasteiger partial charge in [0.25, 0.3) is 5.56 Å². The fraction of sp³-hybridized carbons (Fsp3) is 0.474. The highest BCUT2D eigenvalue weighted by Gasteiger charge is 2.31. The van der Waals surface area contributed by atoms with Crippen molar-refractivity contribution in [1.82, 2.24) is 30.1 Å². The largest absolute Gasteiger partial charge is 0.383 e. The number of aromatic nitrogens is 5. The second-order valence-electron chi connectivity index (χ2n) is 6.90. The number of nitrogens with zero attached hydrogens (tertiary/aromatic N) is 5. The molecule has 3 heterocycles. The number of aryl methyl sites for hydroxylation is 1. The molecule has 0 bridgehead atoms. The number of H-pyrrole nitrogens is 1. The summed E-state index contributed by atoms with van der Waals surface area (Å²) in [6.45, 7) is 4.83. The normalized spacial score (nSPS) is 16.5. The second kappa shape index (κ2) is 8.42. The number of pyridine rings is 1. The molecule has 0 radical (unpaired) electrons. The van der Waals surface area contributed by atoms with Gasteiger partial charge in [-0.15, -0.1) is 5.10 Å². The van der Waals surface area contributed by atoms with Crippen molar-refractivity contribution in [3.8, 4) is 0 Å². The van der Waals surface area contributed by atoms with Gasteiger partial charge in [-0.2, -0.15) is 11.8 Å². The van der Waals surface area contributed by atoms with Crippen LogP contribution >= 0.6 is 11.8 Å². The molecule has 1 aromatic carbocycles. The van der Waals surface area contributed by atoms with Crippen molar-refractivity contribution >= 4 is 22.7 Å². The number of aromatic amines is 1. The minimum absolute atomic E-state index is 0.0914. The van der Waals surface area contributed by atoms with E-state index in [0.29, 0.717) is 24.5 Å². The van der Waals surface area contributed by atoms with Crippen LogP contribution in [-0.4, -0.2) is 68.4 Å². The van der Waals surface area contributed by atoms with E-state index in [2.05, 4.69) is 25.4 Å². The van der Waals surface area contributed by atoms with Crippen LogP contribution in [0.15, 0.2) is 29.1 Å². The summed E-state index contributed by atoms with van der Waals surface area (Å²) in [6.07, 6.45) is 0. The molecular weight excluding hydrogens is 376 g/mol. The molecule has 1 saturated heterocycles.